The number of hydrogen-bond acceptors (Lipinski definition) is 4. The van der Waals surface area contributed by atoms with Gasteiger partial charge in [0.15, 0.2) is 6.29 Å². The monoisotopic (exact) mass is 239 g/mol. The zero-order chi connectivity index (χ0) is 10.1. The van der Waals surface area contributed by atoms with E-state index >= 15 is 0 Å². The van der Waals surface area contributed by atoms with E-state index in [2.05, 4.69) is 4.98 Å². The van der Waals surface area contributed by atoms with Gasteiger partial charge < -0.3 is 0 Å². The van der Waals surface area contributed by atoms with Crippen molar-refractivity contribution in [2.75, 3.05) is 0 Å². The van der Waals surface area contributed by atoms with Crippen LogP contribution in [0.25, 0.3) is 0 Å². The Morgan fingerprint density at radius 1 is 1.38 bits per heavy atom. The molecule has 4 nitrogen and oxygen atoms in total. The fourth-order valence-corrected chi connectivity index (χ4v) is 1.75. The highest BCUT2D eigenvalue weighted by Gasteiger charge is 2.12. The second-order valence-corrected chi connectivity index (χ2v) is 5.06. The van der Waals surface area contributed by atoms with Gasteiger partial charge in [-0.3, -0.25) is 4.79 Å². The molecule has 0 aliphatic carbocycles. The minimum absolute atomic E-state index is 0.0771. The van der Waals surface area contributed by atoms with Gasteiger partial charge in [-0.2, -0.15) is 0 Å². The lowest BCUT2D eigenvalue weighted by molar-refractivity contribution is 0.111. The average molecular weight is 240 g/mol. The number of halogens is 2. The summed E-state index contributed by atoms with van der Waals surface area (Å²) in [5, 5.41) is -0.0937. The maximum atomic E-state index is 10.8. The highest BCUT2D eigenvalue weighted by molar-refractivity contribution is 8.13. The standard InChI is InChI=1S/C6H3Cl2NO3S/c7-6-2-5(13(8,11)12)1-4(3-10)9-6/h1-3H. The predicted octanol–water partition coefficient (Wildman–Crippen LogP) is 1.47. The Balaban J connectivity index is 3.41. The predicted molar refractivity (Wildman–Crippen MR) is 47.7 cm³/mol. The molecule has 70 valence electrons. The molecule has 1 aromatic heterocycles. The maximum absolute atomic E-state index is 10.8. The number of carbonyl (C=O) groups excluding carboxylic acids is 1. The first-order valence-electron chi connectivity index (χ1n) is 3.01. The molecule has 0 spiro atoms. The van der Waals surface area contributed by atoms with Gasteiger partial charge in [0.1, 0.15) is 10.8 Å². The first-order chi connectivity index (χ1) is 5.93. The summed E-state index contributed by atoms with van der Waals surface area (Å²) in [6.07, 6.45) is 0.386. The molecule has 0 fully saturated rings. The lowest BCUT2D eigenvalue weighted by Crippen LogP contribution is -1.95. The van der Waals surface area contributed by atoms with E-state index in [1.807, 2.05) is 0 Å². The Bertz CT molecular complexity index is 443. The molecule has 0 radical (unpaired) electrons. The Morgan fingerprint density at radius 3 is 2.46 bits per heavy atom. The van der Waals surface area contributed by atoms with Crippen molar-refractivity contribution in [2.24, 2.45) is 0 Å². The summed E-state index contributed by atoms with van der Waals surface area (Å²) in [4.78, 5) is 13.6. The Kier molecular flexibility index (Phi) is 2.90. The summed E-state index contributed by atoms with van der Waals surface area (Å²) in [5.74, 6) is 0. The Labute approximate surface area is 83.9 Å². The van der Waals surface area contributed by atoms with Crippen molar-refractivity contribution in [3.63, 3.8) is 0 Å². The summed E-state index contributed by atoms with van der Waals surface area (Å²) >= 11 is 5.44. The normalized spacial score (nSPS) is 11.2. The van der Waals surface area contributed by atoms with Gasteiger partial charge in [0.2, 0.25) is 0 Å². The van der Waals surface area contributed by atoms with Crippen LogP contribution in [-0.2, 0) is 9.05 Å². The van der Waals surface area contributed by atoms with E-state index in [4.69, 9.17) is 22.3 Å². The molecule has 0 aliphatic heterocycles. The second-order valence-electron chi connectivity index (χ2n) is 2.11. The van der Waals surface area contributed by atoms with E-state index in [0.717, 1.165) is 12.1 Å². The first kappa shape index (κ1) is 10.4. The zero-order valence-corrected chi connectivity index (χ0v) is 8.40. The summed E-state index contributed by atoms with van der Waals surface area (Å²) in [5.41, 5.74) is -0.0771. The second kappa shape index (κ2) is 3.61. The average Bonchev–Trinajstić information content (AvgIpc) is 2.01. The Hall–Kier alpha value is -0.650. The van der Waals surface area contributed by atoms with E-state index in [0.29, 0.717) is 6.29 Å². The van der Waals surface area contributed by atoms with Crippen LogP contribution in [-0.4, -0.2) is 19.7 Å². The van der Waals surface area contributed by atoms with Gasteiger partial charge in [0.25, 0.3) is 9.05 Å². The van der Waals surface area contributed by atoms with Crippen molar-refractivity contribution >= 4 is 37.6 Å². The van der Waals surface area contributed by atoms with Crippen molar-refractivity contribution in [3.8, 4) is 0 Å². The zero-order valence-electron chi connectivity index (χ0n) is 6.07. The first-order valence-corrected chi connectivity index (χ1v) is 5.69. The van der Waals surface area contributed by atoms with E-state index in [9.17, 15) is 13.2 Å². The van der Waals surface area contributed by atoms with Crippen LogP contribution in [0.15, 0.2) is 17.0 Å². The molecular weight excluding hydrogens is 237 g/mol. The molecule has 1 rings (SSSR count). The van der Waals surface area contributed by atoms with Gasteiger partial charge in [0.05, 0.1) is 4.90 Å². The van der Waals surface area contributed by atoms with Crippen LogP contribution in [0.4, 0.5) is 0 Å². The number of aromatic nitrogens is 1. The topological polar surface area (TPSA) is 64.1 Å². The number of pyridine rings is 1. The van der Waals surface area contributed by atoms with Crippen LogP contribution in [0, 0.1) is 0 Å². The molecular formula is C6H3Cl2NO3S. The van der Waals surface area contributed by atoms with Gasteiger partial charge >= 0.3 is 0 Å². The third-order valence-corrected chi connectivity index (χ3v) is 2.72. The van der Waals surface area contributed by atoms with Gasteiger partial charge in [-0.25, -0.2) is 13.4 Å². The van der Waals surface area contributed by atoms with E-state index in [1.54, 1.807) is 0 Å². The molecule has 0 aromatic carbocycles. The third-order valence-electron chi connectivity index (χ3n) is 1.19. The van der Waals surface area contributed by atoms with Crippen LogP contribution in [0.3, 0.4) is 0 Å². The van der Waals surface area contributed by atoms with Crippen LogP contribution in [0.2, 0.25) is 5.15 Å². The largest absolute Gasteiger partial charge is 0.296 e. The quantitative estimate of drug-likeness (QED) is 0.446. The summed E-state index contributed by atoms with van der Waals surface area (Å²) in [6.45, 7) is 0. The number of carbonyl (C=O) groups is 1. The molecule has 0 aliphatic rings. The van der Waals surface area contributed by atoms with Crippen molar-refractivity contribution < 1.29 is 13.2 Å². The van der Waals surface area contributed by atoms with Gasteiger partial charge in [0, 0.05) is 10.7 Å². The van der Waals surface area contributed by atoms with E-state index in [1.165, 1.54) is 0 Å². The summed E-state index contributed by atoms with van der Waals surface area (Å²) < 4.78 is 21.6. The van der Waals surface area contributed by atoms with Gasteiger partial charge in [-0.05, 0) is 12.1 Å². The molecule has 0 bridgehead atoms. The minimum atomic E-state index is -3.87. The number of aldehydes is 1. The highest BCUT2D eigenvalue weighted by atomic mass is 35.7. The molecule has 0 N–H and O–H groups in total. The lowest BCUT2D eigenvalue weighted by atomic mass is 10.4. The van der Waals surface area contributed by atoms with Crippen LogP contribution in [0.1, 0.15) is 10.5 Å². The fraction of sp³-hybridized carbons (Fsp3) is 0. The molecule has 0 unspecified atom stereocenters. The molecule has 7 heteroatoms. The van der Waals surface area contributed by atoms with Crippen LogP contribution < -0.4 is 0 Å². The molecule has 0 saturated carbocycles. The molecule has 1 heterocycles. The highest BCUT2D eigenvalue weighted by Crippen LogP contribution is 2.18. The SMILES string of the molecule is O=Cc1cc(S(=O)(=O)Cl)cc(Cl)n1. The number of rotatable bonds is 2. The fourth-order valence-electron chi connectivity index (χ4n) is 0.694. The summed E-state index contributed by atoms with van der Waals surface area (Å²) in [7, 11) is 1.16. The van der Waals surface area contributed by atoms with E-state index in [-0.39, 0.29) is 15.7 Å². The van der Waals surface area contributed by atoms with Gasteiger partial charge in [-0.15, -0.1) is 0 Å². The smallest absolute Gasteiger partial charge is 0.261 e. The molecule has 0 atom stereocenters. The third kappa shape index (κ3) is 2.65. The van der Waals surface area contributed by atoms with Crippen molar-refractivity contribution in [2.45, 2.75) is 4.90 Å². The van der Waals surface area contributed by atoms with Crippen molar-refractivity contribution in [3.05, 3.63) is 23.0 Å². The number of hydrogen-bond donors (Lipinski definition) is 0. The summed E-state index contributed by atoms with van der Waals surface area (Å²) in [6, 6.07) is 2.11. The number of nitrogens with zero attached hydrogens (tertiary/aromatic N) is 1. The van der Waals surface area contributed by atoms with Crippen molar-refractivity contribution in [1.82, 2.24) is 4.98 Å². The molecule has 1 aromatic rings. The molecule has 0 amide bonds. The van der Waals surface area contributed by atoms with Crippen LogP contribution in [0.5, 0.6) is 0 Å². The van der Waals surface area contributed by atoms with Crippen LogP contribution >= 0.6 is 22.3 Å². The van der Waals surface area contributed by atoms with Crippen molar-refractivity contribution in [1.29, 1.82) is 0 Å². The minimum Gasteiger partial charge on any atom is -0.296 e. The van der Waals surface area contributed by atoms with E-state index < -0.39 is 9.05 Å². The molecule has 0 saturated heterocycles. The Morgan fingerprint density at radius 2 is 2.00 bits per heavy atom. The molecule has 13 heavy (non-hydrogen) atoms. The van der Waals surface area contributed by atoms with Gasteiger partial charge in [-0.1, -0.05) is 11.6 Å². The maximum Gasteiger partial charge on any atom is 0.261 e. The lowest BCUT2D eigenvalue weighted by Gasteiger charge is -1.97.